The number of hydrogen-bond donors (Lipinski definition) is 1. The van der Waals surface area contributed by atoms with E-state index in [1.165, 1.54) is 24.3 Å². The molecule has 0 aromatic heterocycles. The molecule has 0 spiro atoms. The molecule has 0 saturated heterocycles. The Balaban J connectivity index is 0.00000225. The second kappa shape index (κ2) is 6.77. The summed E-state index contributed by atoms with van der Waals surface area (Å²) >= 11 is -2.93. The maximum atomic E-state index is 11.0. The van der Waals surface area contributed by atoms with Gasteiger partial charge in [0.15, 0.2) is 0 Å². The van der Waals surface area contributed by atoms with Crippen LogP contribution in [0.2, 0.25) is 0 Å². The number of rotatable bonds is 3. The Kier molecular flexibility index (Phi) is 6.46. The molecule has 80 valence electrons. The van der Waals surface area contributed by atoms with Crippen LogP contribution in [0.1, 0.15) is 20.7 Å². The first-order valence-electron chi connectivity index (χ1n) is 3.66. The second-order valence-corrected chi connectivity index (χ2v) is 3.03. The van der Waals surface area contributed by atoms with Crippen LogP contribution in [0.3, 0.4) is 0 Å². The summed E-state index contributed by atoms with van der Waals surface area (Å²) in [5.41, 5.74) is -0.0426. The molecule has 16 heavy (non-hydrogen) atoms. The van der Waals surface area contributed by atoms with Gasteiger partial charge in [-0.15, -0.1) is 0 Å². The molecular formula is C8H5NaO6S. The first-order valence-corrected chi connectivity index (χ1v) is 4.66. The molecule has 0 bridgehead atoms. The van der Waals surface area contributed by atoms with Crippen molar-refractivity contribution < 1.29 is 57.2 Å². The molecular weight excluding hydrogens is 247 g/mol. The number of carboxylic acid groups (broad SMARTS) is 1. The largest absolute Gasteiger partial charge is 1.00 e. The second-order valence-electron chi connectivity index (χ2n) is 2.46. The van der Waals surface area contributed by atoms with Gasteiger partial charge < -0.3 is 13.8 Å². The Labute approximate surface area is 115 Å². The van der Waals surface area contributed by atoms with Crippen molar-refractivity contribution in [2.24, 2.45) is 0 Å². The van der Waals surface area contributed by atoms with E-state index < -0.39 is 23.3 Å². The summed E-state index contributed by atoms with van der Waals surface area (Å²) in [6.45, 7) is 0. The molecule has 0 aliphatic carbocycles. The van der Waals surface area contributed by atoms with E-state index in [4.69, 9.17) is 5.11 Å². The summed E-state index contributed by atoms with van der Waals surface area (Å²) in [6, 6.07) is 4.68. The van der Waals surface area contributed by atoms with Crippen LogP contribution in [0.5, 0.6) is 0 Å². The van der Waals surface area contributed by atoms with Crippen molar-refractivity contribution in [3.05, 3.63) is 35.4 Å². The summed E-state index contributed by atoms with van der Waals surface area (Å²) < 4.78 is 23.9. The zero-order chi connectivity index (χ0) is 11.4. The molecule has 0 heterocycles. The van der Waals surface area contributed by atoms with Crippen LogP contribution < -0.4 is 29.6 Å². The quantitative estimate of drug-likeness (QED) is 0.465. The molecule has 6 nitrogen and oxygen atoms in total. The van der Waals surface area contributed by atoms with Crippen LogP contribution in [0.15, 0.2) is 24.3 Å². The van der Waals surface area contributed by atoms with Crippen LogP contribution in [-0.2, 0) is 15.5 Å². The summed E-state index contributed by atoms with van der Waals surface area (Å²) in [7, 11) is 0. The van der Waals surface area contributed by atoms with Gasteiger partial charge in [0.2, 0.25) is 0 Å². The monoisotopic (exact) mass is 252 g/mol. The van der Waals surface area contributed by atoms with Gasteiger partial charge in [-0.1, -0.05) is 0 Å². The number of carbonyl (C=O) groups excluding carboxylic acids is 1. The number of carbonyl (C=O) groups is 2. The molecule has 0 fully saturated rings. The van der Waals surface area contributed by atoms with Crippen LogP contribution in [0.4, 0.5) is 0 Å². The fourth-order valence-electron chi connectivity index (χ4n) is 0.859. The average Bonchev–Trinajstić information content (AvgIpc) is 2.17. The topological polar surface area (TPSA) is 104 Å². The van der Waals surface area contributed by atoms with Crippen LogP contribution in [0.25, 0.3) is 0 Å². The average molecular weight is 252 g/mol. The van der Waals surface area contributed by atoms with Gasteiger partial charge in [0.1, 0.15) is 11.4 Å². The minimum atomic E-state index is -2.93. The summed E-state index contributed by atoms with van der Waals surface area (Å²) in [6.07, 6.45) is 0. The van der Waals surface area contributed by atoms with Gasteiger partial charge in [-0.3, -0.25) is 0 Å². The van der Waals surface area contributed by atoms with Crippen molar-refractivity contribution in [2.75, 3.05) is 0 Å². The van der Waals surface area contributed by atoms with Crippen LogP contribution >= 0.6 is 0 Å². The first kappa shape index (κ1) is 15.3. The first-order chi connectivity index (χ1) is 7.00. The van der Waals surface area contributed by atoms with Crippen molar-refractivity contribution in [2.45, 2.75) is 0 Å². The van der Waals surface area contributed by atoms with E-state index in [2.05, 4.69) is 4.18 Å². The summed E-state index contributed by atoms with van der Waals surface area (Å²) in [5.74, 6) is -2.19. The van der Waals surface area contributed by atoms with Crippen molar-refractivity contribution in [3.8, 4) is 0 Å². The SMILES string of the molecule is O=C(O)c1ccc(C(=O)OS(=O)[O-])cc1.[Na+]. The van der Waals surface area contributed by atoms with E-state index >= 15 is 0 Å². The van der Waals surface area contributed by atoms with Crippen molar-refractivity contribution in [1.82, 2.24) is 0 Å². The summed E-state index contributed by atoms with van der Waals surface area (Å²) in [4.78, 5) is 21.4. The smallest absolute Gasteiger partial charge is 0.740 e. The Hall–Kier alpha value is -0.730. The van der Waals surface area contributed by atoms with Gasteiger partial charge in [0.05, 0.1) is 11.1 Å². The maximum absolute atomic E-state index is 11.0. The number of carboxylic acids is 1. The Bertz CT molecular complexity index is 415. The number of aromatic carboxylic acids is 1. The Morgan fingerprint density at radius 1 is 1.19 bits per heavy atom. The van der Waals surface area contributed by atoms with Crippen molar-refractivity contribution >= 4 is 23.3 Å². The molecule has 1 unspecified atom stereocenters. The van der Waals surface area contributed by atoms with E-state index in [-0.39, 0.29) is 40.7 Å². The zero-order valence-corrected chi connectivity index (χ0v) is 11.0. The molecule has 8 heteroatoms. The van der Waals surface area contributed by atoms with Crippen molar-refractivity contribution in [1.29, 1.82) is 0 Å². The molecule has 0 saturated carbocycles. The Morgan fingerprint density at radius 3 is 2.00 bits per heavy atom. The molecule has 1 aromatic carbocycles. The van der Waals surface area contributed by atoms with Gasteiger partial charge in [-0.2, -0.15) is 0 Å². The number of benzene rings is 1. The van der Waals surface area contributed by atoms with Gasteiger partial charge in [0, 0.05) is 0 Å². The third-order valence-corrected chi connectivity index (χ3v) is 1.80. The molecule has 0 aliphatic heterocycles. The van der Waals surface area contributed by atoms with Gasteiger partial charge in [0.25, 0.3) is 0 Å². The predicted octanol–water partition coefficient (Wildman–Crippen LogP) is -2.66. The third kappa shape index (κ3) is 4.42. The van der Waals surface area contributed by atoms with E-state index in [9.17, 15) is 18.4 Å². The Morgan fingerprint density at radius 2 is 1.62 bits per heavy atom. The fourth-order valence-corrected chi connectivity index (χ4v) is 1.08. The number of hydrogen-bond acceptors (Lipinski definition) is 5. The predicted molar refractivity (Wildman–Crippen MR) is 47.7 cm³/mol. The minimum Gasteiger partial charge on any atom is -0.740 e. The normalized spacial score (nSPS) is 11.1. The zero-order valence-electron chi connectivity index (χ0n) is 8.21. The van der Waals surface area contributed by atoms with Crippen LogP contribution in [0, 0.1) is 0 Å². The van der Waals surface area contributed by atoms with E-state index in [0.717, 1.165) is 0 Å². The minimum absolute atomic E-state index is 0. The molecule has 1 rings (SSSR count). The maximum Gasteiger partial charge on any atom is 1.00 e. The van der Waals surface area contributed by atoms with E-state index in [1.807, 2.05) is 0 Å². The van der Waals surface area contributed by atoms with Crippen LogP contribution in [-0.4, -0.2) is 25.8 Å². The van der Waals surface area contributed by atoms with Gasteiger partial charge >= 0.3 is 41.5 Å². The molecule has 1 atom stereocenters. The summed E-state index contributed by atoms with van der Waals surface area (Å²) in [5, 5.41) is 8.54. The molecule has 1 aromatic rings. The standard InChI is InChI=1S/C8H6O6S.Na/c9-7(10)5-1-3-6(4-2-5)8(11)14-15(12)13;/h1-4H,(H,9,10)(H,12,13);/q;+1/p-1. The van der Waals surface area contributed by atoms with Gasteiger partial charge in [-0.25, -0.2) is 13.8 Å². The van der Waals surface area contributed by atoms with Crippen molar-refractivity contribution in [3.63, 3.8) is 0 Å². The third-order valence-electron chi connectivity index (χ3n) is 1.51. The molecule has 0 radical (unpaired) electrons. The van der Waals surface area contributed by atoms with E-state index in [1.54, 1.807) is 0 Å². The van der Waals surface area contributed by atoms with E-state index in [0.29, 0.717) is 0 Å². The molecule has 0 amide bonds. The fraction of sp³-hybridized carbons (Fsp3) is 0. The van der Waals surface area contributed by atoms with Gasteiger partial charge in [-0.05, 0) is 24.3 Å². The molecule has 0 aliphatic rings. The molecule has 1 N–H and O–H groups in total.